The summed E-state index contributed by atoms with van der Waals surface area (Å²) in [6.45, 7) is 5.51. The van der Waals surface area contributed by atoms with E-state index in [1.54, 1.807) is 12.1 Å². The first-order chi connectivity index (χ1) is 11.6. The van der Waals surface area contributed by atoms with Crippen LogP contribution in [0.2, 0.25) is 0 Å². The molecule has 2 atom stereocenters. The lowest BCUT2D eigenvalue weighted by Gasteiger charge is -2.28. The summed E-state index contributed by atoms with van der Waals surface area (Å²) in [6, 6.07) is 4.83. The number of rotatable bonds is 8. The maximum Gasteiger partial charge on any atom is 0.313 e. The Kier molecular flexibility index (Phi) is 8.40. The summed E-state index contributed by atoms with van der Waals surface area (Å²) in [7, 11) is 2.76. The smallest absolute Gasteiger partial charge is 0.313 e. The topological polar surface area (TPSA) is 87.7 Å². The maximum atomic E-state index is 12.5. The number of halogens is 1. The molecule has 0 amide bonds. The van der Waals surface area contributed by atoms with Crippen LogP contribution < -0.4 is 9.46 Å². The minimum Gasteiger partial charge on any atom is -0.598 e. The number of ether oxygens (including phenoxy) is 2. The molecule has 0 aromatic heterocycles. The molecular formula is C17H24BrNO5S. The number of benzene rings is 1. The molecule has 0 aliphatic carbocycles. The van der Waals surface area contributed by atoms with Crippen molar-refractivity contribution in [2.45, 2.75) is 44.4 Å². The number of Topliss-reactive ketones (excluding diaryl/α,β-unsaturated/α-hetero) is 1. The van der Waals surface area contributed by atoms with Crippen LogP contribution in [0.3, 0.4) is 0 Å². The summed E-state index contributed by atoms with van der Waals surface area (Å²) in [5.74, 6) is -0.340. The van der Waals surface area contributed by atoms with Crippen LogP contribution in [0, 0.1) is 0 Å². The monoisotopic (exact) mass is 433 g/mol. The van der Waals surface area contributed by atoms with E-state index in [-0.39, 0.29) is 18.6 Å². The average Bonchev–Trinajstić information content (AvgIpc) is 2.52. The fourth-order valence-corrected chi connectivity index (χ4v) is 3.19. The Morgan fingerprint density at radius 3 is 2.48 bits per heavy atom. The molecule has 0 unspecified atom stereocenters. The van der Waals surface area contributed by atoms with Crippen molar-refractivity contribution < 1.29 is 23.6 Å². The normalized spacial score (nSPS) is 13.9. The molecule has 0 aliphatic rings. The Labute approximate surface area is 160 Å². The number of hydrogen-bond donors (Lipinski definition) is 1. The van der Waals surface area contributed by atoms with Crippen LogP contribution in [0.25, 0.3) is 0 Å². The predicted molar refractivity (Wildman–Crippen MR) is 101 cm³/mol. The minimum atomic E-state index is -1.40. The van der Waals surface area contributed by atoms with E-state index in [0.717, 1.165) is 4.47 Å². The highest BCUT2D eigenvalue weighted by molar-refractivity contribution is 9.10. The minimum absolute atomic E-state index is 0.00505. The number of carbonyl (C=O) groups is 2. The Morgan fingerprint density at radius 1 is 1.32 bits per heavy atom. The number of hydrogen-bond acceptors (Lipinski definition) is 6. The van der Waals surface area contributed by atoms with Crippen molar-refractivity contribution in [3.63, 3.8) is 0 Å². The molecule has 0 fully saturated rings. The molecule has 1 aromatic rings. The quantitative estimate of drug-likeness (QED) is 0.385. The molecule has 0 heterocycles. The third kappa shape index (κ3) is 6.97. The summed E-state index contributed by atoms with van der Waals surface area (Å²) in [5, 5.41) is 0. The zero-order valence-corrected chi connectivity index (χ0v) is 17.5. The standard InChI is InChI=1S/C17H24BrNO5S/c1-17(2,3)25(22)19-14(9-12(20)10-16(21)24-5)13-7-6-11(18)8-15(13)23-4/h6-8,14,19H,9-10H2,1-5H3/t14-,25+/m0/s1. The van der Waals surface area contributed by atoms with E-state index in [9.17, 15) is 14.1 Å². The van der Waals surface area contributed by atoms with E-state index in [0.29, 0.717) is 11.3 Å². The zero-order valence-electron chi connectivity index (χ0n) is 15.1. The largest absolute Gasteiger partial charge is 0.598 e. The lowest BCUT2D eigenvalue weighted by molar-refractivity contribution is -0.143. The molecule has 25 heavy (non-hydrogen) atoms. The molecular weight excluding hydrogens is 410 g/mol. The van der Waals surface area contributed by atoms with Crippen LogP contribution in [-0.2, 0) is 25.7 Å². The second-order valence-electron chi connectivity index (χ2n) is 6.43. The van der Waals surface area contributed by atoms with Gasteiger partial charge in [-0.2, -0.15) is 0 Å². The SMILES string of the molecule is COC(=O)CC(=O)C[C@H](N[S@+]([O-])C(C)(C)C)c1ccc(Br)cc1OC. The van der Waals surface area contributed by atoms with E-state index in [1.807, 2.05) is 26.8 Å². The molecule has 1 aromatic carbocycles. The molecule has 0 saturated heterocycles. The van der Waals surface area contributed by atoms with Crippen LogP contribution in [-0.4, -0.2) is 35.3 Å². The number of carbonyl (C=O) groups excluding carboxylic acids is 2. The van der Waals surface area contributed by atoms with Gasteiger partial charge in [-0.25, -0.2) is 0 Å². The van der Waals surface area contributed by atoms with Gasteiger partial charge in [0.05, 0.1) is 20.3 Å². The van der Waals surface area contributed by atoms with Gasteiger partial charge >= 0.3 is 5.97 Å². The first kappa shape index (κ1) is 22.0. The first-order valence-electron chi connectivity index (χ1n) is 7.68. The number of esters is 1. The van der Waals surface area contributed by atoms with Crippen LogP contribution in [0.4, 0.5) is 0 Å². The summed E-state index contributed by atoms with van der Waals surface area (Å²) in [5.41, 5.74) is 0.696. The summed E-state index contributed by atoms with van der Waals surface area (Å²) >= 11 is 1.97. The van der Waals surface area contributed by atoms with Crippen LogP contribution in [0.5, 0.6) is 5.75 Å². The van der Waals surface area contributed by atoms with E-state index < -0.39 is 28.1 Å². The van der Waals surface area contributed by atoms with Crippen molar-refractivity contribution in [3.8, 4) is 5.75 Å². The lowest BCUT2D eigenvalue weighted by atomic mass is 10.00. The van der Waals surface area contributed by atoms with Crippen LogP contribution in [0.1, 0.15) is 45.2 Å². The van der Waals surface area contributed by atoms with E-state index >= 15 is 0 Å². The van der Waals surface area contributed by atoms with Crippen molar-refractivity contribution in [2.24, 2.45) is 0 Å². The van der Waals surface area contributed by atoms with Gasteiger partial charge in [-0.1, -0.05) is 22.0 Å². The van der Waals surface area contributed by atoms with E-state index in [1.165, 1.54) is 14.2 Å². The maximum absolute atomic E-state index is 12.5. The highest BCUT2D eigenvalue weighted by Crippen LogP contribution is 2.32. The number of ketones is 1. The molecule has 0 radical (unpaired) electrons. The highest BCUT2D eigenvalue weighted by Gasteiger charge is 2.32. The van der Waals surface area contributed by atoms with Gasteiger partial charge in [0.25, 0.3) is 0 Å². The molecule has 8 heteroatoms. The fourth-order valence-electron chi connectivity index (χ4n) is 2.03. The van der Waals surface area contributed by atoms with Crippen LogP contribution >= 0.6 is 15.9 Å². The third-order valence-electron chi connectivity index (χ3n) is 3.38. The van der Waals surface area contributed by atoms with E-state index in [4.69, 9.17) is 4.74 Å². The van der Waals surface area contributed by atoms with Gasteiger partial charge in [0.15, 0.2) is 0 Å². The van der Waals surface area contributed by atoms with Gasteiger partial charge in [0, 0.05) is 27.8 Å². The van der Waals surface area contributed by atoms with Crippen molar-refractivity contribution in [2.75, 3.05) is 14.2 Å². The van der Waals surface area contributed by atoms with Crippen molar-refractivity contribution >= 4 is 39.0 Å². The molecule has 6 nitrogen and oxygen atoms in total. The Hall–Kier alpha value is -1.09. The lowest BCUT2D eigenvalue weighted by Crippen LogP contribution is -2.42. The number of nitrogens with one attached hydrogen (secondary N) is 1. The predicted octanol–water partition coefficient (Wildman–Crippen LogP) is 3.07. The number of methoxy groups -OCH3 is 2. The molecule has 0 aliphatic heterocycles. The van der Waals surface area contributed by atoms with Gasteiger partial charge in [-0.3, -0.25) is 9.59 Å². The molecule has 0 spiro atoms. The molecule has 140 valence electrons. The summed E-state index contributed by atoms with van der Waals surface area (Å²) < 4.78 is 25.8. The molecule has 0 bridgehead atoms. The Morgan fingerprint density at radius 2 is 1.96 bits per heavy atom. The second kappa shape index (κ2) is 9.56. The zero-order chi connectivity index (χ0) is 19.2. The fraction of sp³-hybridized carbons (Fsp3) is 0.529. The van der Waals surface area contributed by atoms with Crippen molar-refractivity contribution in [1.82, 2.24) is 4.72 Å². The van der Waals surface area contributed by atoms with Gasteiger partial charge < -0.3 is 14.0 Å². The first-order valence-corrected chi connectivity index (χ1v) is 9.62. The molecule has 1 rings (SSSR count). The van der Waals surface area contributed by atoms with Gasteiger partial charge in [0.2, 0.25) is 0 Å². The second-order valence-corrected chi connectivity index (χ2v) is 9.35. The van der Waals surface area contributed by atoms with Crippen LogP contribution in [0.15, 0.2) is 22.7 Å². The van der Waals surface area contributed by atoms with Crippen molar-refractivity contribution in [1.29, 1.82) is 0 Å². The van der Waals surface area contributed by atoms with E-state index in [2.05, 4.69) is 25.4 Å². The molecule has 1 N–H and O–H groups in total. The van der Waals surface area contributed by atoms with Crippen molar-refractivity contribution in [3.05, 3.63) is 28.2 Å². The Bertz CT molecular complexity index is 618. The highest BCUT2D eigenvalue weighted by atomic mass is 79.9. The summed E-state index contributed by atoms with van der Waals surface area (Å²) in [6.07, 6.45) is -0.329. The summed E-state index contributed by atoms with van der Waals surface area (Å²) in [4.78, 5) is 23.5. The van der Waals surface area contributed by atoms with Gasteiger partial charge in [0.1, 0.15) is 22.7 Å². The third-order valence-corrected chi connectivity index (χ3v) is 5.48. The Balaban J connectivity index is 3.11. The van der Waals surface area contributed by atoms with Gasteiger partial charge in [-0.05, 0) is 32.9 Å². The van der Waals surface area contributed by atoms with Gasteiger partial charge in [-0.15, -0.1) is 4.72 Å². The average molecular weight is 434 g/mol. The molecule has 0 saturated carbocycles.